The Bertz CT molecular complexity index is 469. The van der Waals surface area contributed by atoms with Crippen molar-refractivity contribution >= 4 is 5.97 Å². The van der Waals surface area contributed by atoms with E-state index in [9.17, 15) is 9.90 Å². The van der Waals surface area contributed by atoms with Gasteiger partial charge in [-0.25, -0.2) is 0 Å². The summed E-state index contributed by atoms with van der Waals surface area (Å²) >= 11 is 0. The number of carboxylic acids is 1. The molecule has 110 valence electrons. The van der Waals surface area contributed by atoms with Gasteiger partial charge in [0.25, 0.3) is 0 Å². The highest BCUT2D eigenvalue weighted by atomic mass is 16.5. The molecule has 0 heterocycles. The summed E-state index contributed by atoms with van der Waals surface area (Å²) in [6.07, 6.45) is 4.34. The second-order valence-electron chi connectivity index (χ2n) is 5.23. The van der Waals surface area contributed by atoms with Crippen LogP contribution in [0.2, 0.25) is 0 Å². The first-order chi connectivity index (χ1) is 9.60. The molecule has 0 aromatic heterocycles. The number of hydrogen-bond donors (Lipinski definition) is 2. The van der Waals surface area contributed by atoms with E-state index in [1.807, 2.05) is 4.90 Å². The number of phenolic OH excluding ortho intramolecular Hbond substituents is 1. The van der Waals surface area contributed by atoms with E-state index in [0.29, 0.717) is 17.9 Å². The zero-order chi connectivity index (χ0) is 14.5. The molecule has 1 aromatic rings. The molecule has 1 saturated carbocycles. The summed E-state index contributed by atoms with van der Waals surface area (Å²) < 4.78 is 5.15. The summed E-state index contributed by atoms with van der Waals surface area (Å²) in [4.78, 5) is 13.0. The van der Waals surface area contributed by atoms with Crippen molar-refractivity contribution < 1.29 is 19.7 Å². The Labute approximate surface area is 118 Å². The first-order valence-electron chi connectivity index (χ1n) is 6.92. The van der Waals surface area contributed by atoms with Gasteiger partial charge in [-0.05, 0) is 31.0 Å². The van der Waals surface area contributed by atoms with E-state index in [2.05, 4.69) is 0 Å². The molecule has 0 spiro atoms. The summed E-state index contributed by atoms with van der Waals surface area (Å²) in [7, 11) is 1.57. The quantitative estimate of drug-likeness (QED) is 0.835. The molecule has 0 radical (unpaired) electrons. The van der Waals surface area contributed by atoms with E-state index < -0.39 is 5.97 Å². The SMILES string of the molecule is COc1ccc(O)c(CN(CC(=O)O)C2CCCC2)c1. The van der Waals surface area contributed by atoms with Crippen molar-refractivity contribution in [3.8, 4) is 11.5 Å². The van der Waals surface area contributed by atoms with Crippen molar-refractivity contribution in [1.29, 1.82) is 0 Å². The van der Waals surface area contributed by atoms with Crippen LogP contribution < -0.4 is 4.74 Å². The third-order valence-electron chi connectivity index (χ3n) is 3.84. The predicted molar refractivity (Wildman–Crippen MR) is 75.0 cm³/mol. The maximum atomic E-state index is 11.0. The van der Waals surface area contributed by atoms with Crippen molar-refractivity contribution in [3.05, 3.63) is 23.8 Å². The van der Waals surface area contributed by atoms with Crippen molar-refractivity contribution in [1.82, 2.24) is 4.90 Å². The lowest BCUT2D eigenvalue weighted by molar-refractivity contribution is -0.139. The van der Waals surface area contributed by atoms with Crippen LogP contribution in [0.15, 0.2) is 18.2 Å². The Kier molecular flexibility index (Phi) is 4.84. The highest BCUT2D eigenvalue weighted by Crippen LogP contribution is 2.28. The molecule has 0 aliphatic heterocycles. The molecule has 0 unspecified atom stereocenters. The summed E-state index contributed by atoms with van der Waals surface area (Å²) in [6.45, 7) is 0.432. The number of aromatic hydroxyl groups is 1. The van der Waals surface area contributed by atoms with Crippen LogP contribution in [-0.2, 0) is 11.3 Å². The Morgan fingerprint density at radius 3 is 2.70 bits per heavy atom. The van der Waals surface area contributed by atoms with Gasteiger partial charge in [0.05, 0.1) is 13.7 Å². The number of benzene rings is 1. The monoisotopic (exact) mass is 279 g/mol. The standard InChI is InChI=1S/C15H21NO4/c1-20-13-6-7-14(17)11(8-13)9-16(10-15(18)19)12-4-2-3-5-12/h6-8,12,17H,2-5,9-10H2,1H3,(H,18,19). The van der Waals surface area contributed by atoms with Gasteiger partial charge >= 0.3 is 5.97 Å². The predicted octanol–water partition coefficient (Wildman–Crippen LogP) is 2.23. The van der Waals surface area contributed by atoms with Crippen LogP contribution in [0.25, 0.3) is 0 Å². The molecule has 1 fully saturated rings. The topological polar surface area (TPSA) is 70.0 Å². The number of carbonyl (C=O) groups is 1. The van der Waals surface area contributed by atoms with Crippen LogP contribution in [0.4, 0.5) is 0 Å². The first-order valence-corrected chi connectivity index (χ1v) is 6.92. The first kappa shape index (κ1) is 14.7. The average Bonchev–Trinajstić information content (AvgIpc) is 2.94. The van der Waals surface area contributed by atoms with Gasteiger partial charge < -0.3 is 14.9 Å². The highest BCUT2D eigenvalue weighted by Gasteiger charge is 2.25. The maximum Gasteiger partial charge on any atom is 0.317 e. The Hall–Kier alpha value is -1.75. The van der Waals surface area contributed by atoms with Gasteiger partial charge in [-0.3, -0.25) is 9.69 Å². The fourth-order valence-corrected chi connectivity index (χ4v) is 2.79. The summed E-state index contributed by atoms with van der Waals surface area (Å²) in [5.74, 6) is 0.0120. The molecule has 0 saturated heterocycles. The normalized spacial score (nSPS) is 15.7. The number of nitrogens with zero attached hydrogens (tertiary/aromatic N) is 1. The minimum atomic E-state index is -0.834. The largest absolute Gasteiger partial charge is 0.508 e. The molecular formula is C15H21NO4. The van der Waals surface area contributed by atoms with E-state index in [0.717, 1.165) is 25.7 Å². The van der Waals surface area contributed by atoms with Crippen LogP contribution in [0.1, 0.15) is 31.2 Å². The second-order valence-corrected chi connectivity index (χ2v) is 5.23. The minimum Gasteiger partial charge on any atom is -0.508 e. The van der Waals surface area contributed by atoms with Crippen LogP contribution in [0, 0.1) is 0 Å². The fraction of sp³-hybridized carbons (Fsp3) is 0.533. The molecule has 20 heavy (non-hydrogen) atoms. The smallest absolute Gasteiger partial charge is 0.317 e. The molecule has 5 heteroatoms. The lowest BCUT2D eigenvalue weighted by atomic mass is 10.1. The third kappa shape index (κ3) is 3.63. The molecule has 1 aliphatic carbocycles. The van der Waals surface area contributed by atoms with Gasteiger partial charge in [0.2, 0.25) is 0 Å². The maximum absolute atomic E-state index is 11.0. The lowest BCUT2D eigenvalue weighted by Gasteiger charge is -2.27. The van der Waals surface area contributed by atoms with Crippen LogP contribution in [0.5, 0.6) is 11.5 Å². The Morgan fingerprint density at radius 1 is 1.40 bits per heavy atom. The summed E-state index contributed by atoms with van der Waals surface area (Å²) in [5.41, 5.74) is 0.706. The van der Waals surface area contributed by atoms with Gasteiger partial charge in [-0.15, -0.1) is 0 Å². The van der Waals surface area contributed by atoms with Gasteiger partial charge in [0.1, 0.15) is 11.5 Å². The molecule has 0 atom stereocenters. The van der Waals surface area contributed by atoms with Gasteiger partial charge in [0, 0.05) is 18.2 Å². The van der Waals surface area contributed by atoms with Crippen molar-refractivity contribution in [2.45, 2.75) is 38.3 Å². The summed E-state index contributed by atoms with van der Waals surface area (Å²) in [6, 6.07) is 5.33. The Balaban J connectivity index is 2.15. The van der Waals surface area contributed by atoms with E-state index >= 15 is 0 Å². The second kappa shape index (κ2) is 6.61. The number of hydrogen-bond acceptors (Lipinski definition) is 4. The van der Waals surface area contributed by atoms with E-state index in [1.165, 1.54) is 0 Å². The van der Waals surface area contributed by atoms with E-state index in [1.54, 1.807) is 25.3 Å². The van der Waals surface area contributed by atoms with E-state index in [-0.39, 0.29) is 18.3 Å². The number of aliphatic carboxylic acids is 1. The molecule has 5 nitrogen and oxygen atoms in total. The number of carboxylic acid groups (broad SMARTS) is 1. The zero-order valence-corrected chi connectivity index (χ0v) is 11.7. The van der Waals surface area contributed by atoms with Gasteiger partial charge in [0.15, 0.2) is 0 Å². The molecule has 0 bridgehead atoms. The zero-order valence-electron chi connectivity index (χ0n) is 11.7. The number of phenols is 1. The van der Waals surface area contributed by atoms with E-state index in [4.69, 9.17) is 9.84 Å². The third-order valence-corrected chi connectivity index (χ3v) is 3.84. The minimum absolute atomic E-state index is 0.00131. The number of ether oxygens (including phenoxy) is 1. The number of methoxy groups -OCH3 is 1. The van der Waals surface area contributed by atoms with Crippen molar-refractivity contribution in [3.63, 3.8) is 0 Å². The molecule has 1 aliphatic rings. The molecule has 2 rings (SSSR count). The highest BCUT2D eigenvalue weighted by molar-refractivity contribution is 5.69. The van der Waals surface area contributed by atoms with Crippen molar-refractivity contribution in [2.75, 3.05) is 13.7 Å². The molecule has 1 aromatic carbocycles. The lowest BCUT2D eigenvalue weighted by Crippen LogP contribution is -2.37. The molecule has 0 amide bonds. The molecule has 2 N–H and O–H groups in total. The van der Waals surface area contributed by atoms with Gasteiger partial charge in [-0.1, -0.05) is 12.8 Å². The Morgan fingerprint density at radius 2 is 2.10 bits per heavy atom. The molecular weight excluding hydrogens is 258 g/mol. The number of rotatable bonds is 6. The van der Waals surface area contributed by atoms with Crippen LogP contribution in [0.3, 0.4) is 0 Å². The average molecular weight is 279 g/mol. The van der Waals surface area contributed by atoms with Crippen molar-refractivity contribution in [2.24, 2.45) is 0 Å². The van der Waals surface area contributed by atoms with Gasteiger partial charge in [-0.2, -0.15) is 0 Å². The van der Waals surface area contributed by atoms with Crippen LogP contribution in [-0.4, -0.2) is 40.8 Å². The fourth-order valence-electron chi connectivity index (χ4n) is 2.79. The van der Waals surface area contributed by atoms with Crippen LogP contribution >= 0.6 is 0 Å². The summed E-state index contributed by atoms with van der Waals surface area (Å²) in [5, 5.41) is 19.0.